The Morgan fingerprint density at radius 2 is 1.52 bits per heavy atom. The second-order valence-electron chi connectivity index (χ2n) is 7.74. The quantitative estimate of drug-likeness (QED) is 0.464. The number of thiol groups is 1. The van der Waals surface area contributed by atoms with Gasteiger partial charge in [-0.2, -0.15) is 16.9 Å². The predicted octanol–water partition coefficient (Wildman–Crippen LogP) is 3.75. The fourth-order valence-corrected chi connectivity index (χ4v) is 5.93. The molecule has 9 heteroatoms. The Bertz CT molecular complexity index is 1260. The molecular weight excluding hydrogens is 460 g/mol. The van der Waals surface area contributed by atoms with E-state index in [-0.39, 0.29) is 28.7 Å². The summed E-state index contributed by atoms with van der Waals surface area (Å²) in [4.78, 5) is 24.0. The van der Waals surface area contributed by atoms with Gasteiger partial charge in [-0.1, -0.05) is 42.5 Å². The SMILES string of the molecule is O=C(O)c1ccc(NC(=O)C2CC(S)CN2S(=O)(=O)c2ccc(-c3ccccc3)cc2)cc1. The number of hydrogen-bond donors (Lipinski definition) is 3. The molecule has 7 nitrogen and oxygen atoms in total. The number of sulfonamides is 1. The Balaban J connectivity index is 1.54. The molecule has 1 fully saturated rings. The van der Waals surface area contributed by atoms with Crippen LogP contribution in [-0.4, -0.2) is 47.5 Å². The van der Waals surface area contributed by atoms with Crippen LogP contribution in [0.3, 0.4) is 0 Å². The number of nitrogens with zero attached hydrogens (tertiary/aromatic N) is 1. The van der Waals surface area contributed by atoms with Crippen molar-refractivity contribution in [3.63, 3.8) is 0 Å². The normalized spacial score (nSPS) is 18.7. The minimum atomic E-state index is -3.93. The van der Waals surface area contributed by atoms with E-state index in [0.717, 1.165) is 11.1 Å². The van der Waals surface area contributed by atoms with Gasteiger partial charge in [0, 0.05) is 17.5 Å². The molecule has 1 aliphatic rings. The fraction of sp³-hybridized carbons (Fsp3) is 0.167. The number of carboxylic acids is 1. The van der Waals surface area contributed by atoms with Gasteiger partial charge in [-0.25, -0.2) is 13.2 Å². The highest BCUT2D eigenvalue weighted by Gasteiger charge is 2.43. The number of carbonyl (C=O) groups is 2. The van der Waals surface area contributed by atoms with Gasteiger partial charge in [-0.3, -0.25) is 4.79 Å². The van der Waals surface area contributed by atoms with E-state index in [1.54, 1.807) is 24.3 Å². The van der Waals surface area contributed by atoms with Crippen molar-refractivity contribution in [1.29, 1.82) is 0 Å². The number of rotatable bonds is 6. The van der Waals surface area contributed by atoms with Gasteiger partial charge < -0.3 is 10.4 Å². The molecule has 170 valence electrons. The average molecular weight is 483 g/mol. The Labute approximate surface area is 197 Å². The van der Waals surface area contributed by atoms with Crippen LogP contribution in [0, 0.1) is 0 Å². The van der Waals surface area contributed by atoms with Crippen molar-refractivity contribution in [3.05, 3.63) is 84.4 Å². The molecule has 33 heavy (non-hydrogen) atoms. The number of carboxylic acid groups (broad SMARTS) is 1. The van der Waals surface area contributed by atoms with Gasteiger partial charge in [0.15, 0.2) is 0 Å². The summed E-state index contributed by atoms with van der Waals surface area (Å²) < 4.78 is 27.9. The zero-order valence-corrected chi connectivity index (χ0v) is 19.2. The summed E-state index contributed by atoms with van der Waals surface area (Å²) >= 11 is 4.42. The van der Waals surface area contributed by atoms with Gasteiger partial charge in [0.25, 0.3) is 0 Å². The summed E-state index contributed by atoms with van der Waals surface area (Å²) in [6.45, 7) is 0.113. The van der Waals surface area contributed by atoms with Crippen LogP contribution in [0.5, 0.6) is 0 Å². The van der Waals surface area contributed by atoms with Gasteiger partial charge in [0.05, 0.1) is 10.5 Å². The van der Waals surface area contributed by atoms with Crippen molar-refractivity contribution in [1.82, 2.24) is 4.31 Å². The van der Waals surface area contributed by atoms with E-state index in [0.29, 0.717) is 5.69 Å². The van der Waals surface area contributed by atoms with Crippen LogP contribution in [0.25, 0.3) is 11.1 Å². The maximum absolute atomic E-state index is 13.4. The molecule has 2 N–H and O–H groups in total. The second-order valence-corrected chi connectivity index (χ2v) is 10.4. The molecule has 2 atom stereocenters. The lowest BCUT2D eigenvalue weighted by Crippen LogP contribution is -2.43. The van der Waals surface area contributed by atoms with Gasteiger partial charge in [-0.15, -0.1) is 0 Å². The van der Waals surface area contributed by atoms with Gasteiger partial charge in [-0.05, 0) is 53.9 Å². The highest BCUT2D eigenvalue weighted by Crippen LogP contribution is 2.31. The van der Waals surface area contributed by atoms with E-state index >= 15 is 0 Å². The number of carbonyl (C=O) groups excluding carboxylic acids is 1. The second kappa shape index (κ2) is 9.38. The molecule has 1 saturated heterocycles. The zero-order valence-electron chi connectivity index (χ0n) is 17.5. The van der Waals surface area contributed by atoms with Crippen LogP contribution >= 0.6 is 12.6 Å². The molecule has 0 spiro atoms. The van der Waals surface area contributed by atoms with E-state index in [4.69, 9.17) is 5.11 Å². The fourth-order valence-electron chi connectivity index (χ4n) is 3.80. The van der Waals surface area contributed by atoms with E-state index in [2.05, 4.69) is 17.9 Å². The third kappa shape index (κ3) is 4.95. The number of anilines is 1. The summed E-state index contributed by atoms with van der Waals surface area (Å²) in [7, 11) is -3.93. The van der Waals surface area contributed by atoms with Crippen LogP contribution in [0.2, 0.25) is 0 Å². The van der Waals surface area contributed by atoms with Crippen LogP contribution < -0.4 is 5.32 Å². The third-order valence-electron chi connectivity index (χ3n) is 5.50. The van der Waals surface area contributed by atoms with Gasteiger partial charge in [0.2, 0.25) is 15.9 Å². The molecule has 2 unspecified atom stereocenters. The van der Waals surface area contributed by atoms with Crippen molar-refractivity contribution < 1.29 is 23.1 Å². The van der Waals surface area contributed by atoms with E-state index in [1.807, 2.05) is 30.3 Å². The molecule has 4 rings (SSSR count). The Morgan fingerprint density at radius 1 is 0.909 bits per heavy atom. The van der Waals surface area contributed by atoms with Crippen molar-refractivity contribution in [3.8, 4) is 11.1 Å². The smallest absolute Gasteiger partial charge is 0.335 e. The molecule has 1 heterocycles. The predicted molar refractivity (Wildman–Crippen MR) is 129 cm³/mol. The highest BCUT2D eigenvalue weighted by atomic mass is 32.2. The van der Waals surface area contributed by atoms with Gasteiger partial charge >= 0.3 is 5.97 Å². The topological polar surface area (TPSA) is 104 Å². The monoisotopic (exact) mass is 482 g/mol. The molecule has 0 aliphatic carbocycles. The van der Waals surface area contributed by atoms with E-state index in [9.17, 15) is 18.0 Å². The summed E-state index contributed by atoms with van der Waals surface area (Å²) in [6, 6.07) is 21.0. The minimum absolute atomic E-state index is 0.0902. The lowest BCUT2D eigenvalue weighted by atomic mass is 10.1. The molecule has 1 amide bonds. The summed E-state index contributed by atoms with van der Waals surface area (Å²) in [5, 5.41) is 11.4. The Hall–Kier alpha value is -3.14. The molecule has 0 radical (unpaired) electrons. The van der Waals surface area contributed by atoms with Crippen molar-refractivity contribution in [2.45, 2.75) is 22.6 Å². The standard InChI is InChI=1S/C24H22N2O5S2/c27-23(25-19-10-6-18(7-11-19)24(28)29)22-14-20(32)15-26(22)33(30,31)21-12-8-17(9-13-21)16-4-2-1-3-5-16/h1-13,20,22,32H,14-15H2,(H,25,27)(H,28,29). The van der Waals surface area contributed by atoms with E-state index in [1.165, 1.54) is 28.6 Å². The van der Waals surface area contributed by atoms with Crippen LogP contribution in [0.4, 0.5) is 5.69 Å². The van der Waals surface area contributed by atoms with Crippen LogP contribution in [0.15, 0.2) is 83.8 Å². The number of hydrogen-bond acceptors (Lipinski definition) is 5. The van der Waals surface area contributed by atoms with Crippen molar-refractivity contribution in [2.75, 3.05) is 11.9 Å². The molecule has 3 aromatic carbocycles. The molecule has 0 saturated carbocycles. The van der Waals surface area contributed by atoms with Crippen LogP contribution in [-0.2, 0) is 14.8 Å². The maximum atomic E-state index is 13.4. The third-order valence-corrected chi connectivity index (χ3v) is 7.77. The Morgan fingerprint density at radius 3 is 2.12 bits per heavy atom. The number of benzene rings is 3. The molecule has 0 aromatic heterocycles. The first-order chi connectivity index (χ1) is 15.8. The average Bonchev–Trinajstić information content (AvgIpc) is 3.23. The summed E-state index contributed by atoms with van der Waals surface area (Å²) in [6.07, 6.45) is 0.267. The van der Waals surface area contributed by atoms with Gasteiger partial charge in [0.1, 0.15) is 6.04 Å². The molecule has 0 bridgehead atoms. The molecule has 3 aromatic rings. The highest BCUT2D eigenvalue weighted by molar-refractivity contribution is 7.89. The lowest BCUT2D eigenvalue weighted by molar-refractivity contribution is -0.119. The number of amides is 1. The van der Waals surface area contributed by atoms with E-state index < -0.39 is 27.9 Å². The summed E-state index contributed by atoms with van der Waals surface area (Å²) in [5.41, 5.74) is 2.34. The molecular formula is C24H22N2O5S2. The number of aromatic carboxylic acids is 1. The lowest BCUT2D eigenvalue weighted by Gasteiger charge is -2.23. The number of nitrogens with one attached hydrogen (secondary N) is 1. The first kappa shape index (κ1) is 23.0. The maximum Gasteiger partial charge on any atom is 0.335 e. The van der Waals surface area contributed by atoms with Crippen LogP contribution in [0.1, 0.15) is 16.8 Å². The van der Waals surface area contributed by atoms with Crippen molar-refractivity contribution in [2.24, 2.45) is 0 Å². The first-order valence-corrected chi connectivity index (χ1v) is 12.2. The summed E-state index contributed by atoms with van der Waals surface area (Å²) in [5.74, 6) is -1.56. The molecule has 1 aliphatic heterocycles. The minimum Gasteiger partial charge on any atom is -0.478 e. The largest absolute Gasteiger partial charge is 0.478 e. The Kier molecular flexibility index (Phi) is 6.55. The first-order valence-electron chi connectivity index (χ1n) is 10.3. The van der Waals surface area contributed by atoms with Crippen molar-refractivity contribution >= 4 is 40.2 Å². The zero-order chi connectivity index (χ0) is 23.6.